The summed E-state index contributed by atoms with van der Waals surface area (Å²) in [6.45, 7) is 3.13. The van der Waals surface area contributed by atoms with Crippen LogP contribution in [0.5, 0.6) is 0 Å². The van der Waals surface area contributed by atoms with Crippen LogP contribution in [0.4, 0.5) is 11.4 Å². The van der Waals surface area contributed by atoms with Gasteiger partial charge in [0.2, 0.25) is 0 Å². The van der Waals surface area contributed by atoms with Gasteiger partial charge in [-0.2, -0.15) is 5.26 Å². The maximum atomic E-state index is 10.9. The van der Waals surface area contributed by atoms with Crippen LogP contribution >= 0.6 is 0 Å². The Morgan fingerprint density at radius 3 is 2.71 bits per heavy atom. The van der Waals surface area contributed by atoms with Crippen LogP contribution in [-0.2, 0) is 0 Å². The van der Waals surface area contributed by atoms with Crippen LogP contribution in [0.1, 0.15) is 44.6 Å². The molecule has 0 saturated heterocycles. The molecule has 2 rings (SSSR count). The lowest BCUT2D eigenvalue weighted by atomic mass is 9.81. The van der Waals surface area contributed by atoms with Gasteiger partial charge in [0.1, 0.15) is 11.6 Å². The van der Waals surface area contributed by atoms with E-state index in [0.29, 0.717) is 5.69 Å². The molecule has 0 amide bonds. The number of benzene rings is 1. The van der Waals surface area contributed by atoms with Crippen LogP contribution in [0.3, 0.4) is 0 Å². The second kappa shape index (κ2) is 7.07. The number of nitrogens with zero attached hydrogens (tertiary/aromatic N) is 2. The van der Waals surface area contributed by atoms with E-state index in [1.165, 1.54) is 37.8 Å². The summed E-state index contributed by atoms with van der Waals surface area (Å²) >= 11 is 0. The highest BCUT2D eigenvalue weighted by molar-refractivity contribution is 5.59. The quantitative estimate of drug-likeness (QED) is 0.653. The molecule has 5 heteroatoms. The molecule has 1 saturated carbocycles. The van der Waals surface area contributed by atoms with Crippen LogP contribution in [0.25, 0.3) is 0 Å². The Morgan fingerprint density at radius 1 is 1.38 bits per heavy atom. The fourth-order valence-corrected chi connectivity index (χ4v) is 2.93. The van der Waals surface area contributed by atoms with Gasteiger partial charge in [0.05, 0.1) is 4.92 Å². The van der Waals surface area contributed by atoms with E-state index in [2.05, 4.69) is 12.2 Å². The van der Waals surface area contributed by atoms with Gasteiger partial charge in [-0.05, 0) is 30.4 Å². The van der Waals surface area contributed by atoms with Crippen molar-refractivity contribution in [3.63, 3.8) is 0 Å². The molecule has 1 aliphatic carbocycles. The van der Waals surface area contributed by atoms with E-state index in [-0.39, 0.29) is 11.3 Å². The molecule has 0 radical (unpaired) electrons. The zero-order valence-corrected chi connectivity index (χ0v) is 12.3. The molecule has 1 N–H and O–H groups in total. The molecule has 0 bridgehead atoms. The van der Waals surface area contributed by atoms with Crippen molar-refractivity contribution in [2.45, 2.75) is 39.0 Å². The number of nitriles is 1. The average Bonchev–Trinajstić information content (AvgIpc) is 2.49. The number of hydrogen-bond donors (Lipinski definition) is 1. The summed E-state index contributed by atoms with van der Waals surface area (Å²) in [5, 5.41) is 23.0. The Kier molecular flexibility index (Phi) is 5.15. The Balaban J connectivity index is 1.87. The molecule has 0 spiro atoms. The van der Waals surface area contributed by atoms with Crippen molar-refractivity contribution in [1.29, 1.82) is 5.26 Å². The number of nitro benzene ring substituents is 1. The minimum absolute atomic E-state index is 0.104. The highest BCUT2D eigenvalue weighted by Crippen LogP contribution is 2.30. The fourth-order valence-electron chi connectivity index (χ4n) is 2.93. The summed E-state index contributed by atoms with van der Waals surface area (Å²) in [7, 11) is 0. The molecule has 21 heavy (non-hydrogen) atoms. The lowest BCUT2D eigenvalue weighted by Gasteiger charge is -2.26. The van der Waals surface area contributed by atoms with Crippen LogP contribution in [0.2, 0.25) is 0 Å². The predicted octanol–water partition coefficient (Wildman–Crippen LogP) is 4.09. The maximum Gasteiger partial charge on any atom is 0.289 e. The number of anilines is 1. The van der Waals surface area contributed by atoms with Gasteiger partial charge in [0, 0.05) is 18.3 Å². The second-order valence-corrected chi connectivity index (χ2v) is 5.94. The van der Waals surface area contributed by atoms with Gasteiger partial charge in [-0.25, -0.2) is 0 Å². The third kappa shape index (κ3) is 4.19. The highest BCUT2D eigenvalue weighted by atomic mass is 16.6. The standard InChI is InChI=1S/C16H21N3O2/c1-12-2-4-13(5-3-12)8-9-18-15-7-6-14(11-17)16(10-15)19(20)21/h6-7,10,12-13,18H,2-5,8-9H2,1H3. The van der Waals surface area contributed by atoms with Gasteiger partial charge in [-0.1, -0.05) is 32.6 Å². The van der Waals surface area contributed by atoms with Gasteiger partial charge in [-0.15, -0.1) is 0 Å². The van der Waals surface area contributed by atoms with E-state index in [0.717, 1.165) is 24.8 Å². The van der Waals surface area contributed by atoms with Gasteiger partial charge in [0.15, 0.2) is 0 Å². The van der Waals surface area contributed by atoms with Crippen molar-refractivity contribution < 1.29 is 4.92 Å². The molecule has 0 aromatic heterocycles. The molecule has 1 aromatic rings. The first-order valence-electron chi connectivity index (χ1n) is 7.52. The first-order chi connectivity index (χ1) is 10.1. The van der Waals surface area contributed by atoms with Gasteiger partial charge >= 0.3 is 0 Å². The SMILES string of the molecule is CC1CCC(CCNc2ccc(C#N)c([N+](=O)[O-])c2)CC1. The van der Waals surface area contributed by atoms with E-state index in [1.807, 2.05) is 6.07 Å². The van der Waals surface area contributed by atoms with Crippen LogP contribution in [0, 0.1) is 33.3 Å². The molecule has 5 nitrogen and oxygen atoms in total. The Morgan fingerprint density at radius 2 is 2.10 bits per heavy atom. The fraction of sp³-hybridized carbons (Fsp3) is 0.562. The Bertz CT molecular complexity index is 543. The van der Waals surface area contributed by atoms with Gasteiger partial charge in [-0.3, -0.25) is 10.1 Å². The summed E-state index contributed by atoms with van der Waals surface area (Å²) in [5.74, 6) is 1.62. The number of nitro groups is 1. The van der Waals surface area contributed by atoms with Crippen LogP contribution < -0.4 is 5.32 Å². The van der Waals surface area contributed by atoms with Crippen molar-refractivity contribution >= 4 is 11.4 Å². The van der Waals surface area contributed by atoms with Crippen molar-refractivity contribution in [1.82, 2.24) is 0 Å². The number of nitrogens with one attached hydrogen (secondary N) is 1. The zero-order valence-electron chi connectivity index (χ0n) is 12.3. The minimum Gasteiger partial charge on any atom is -0.385 e. The topological polar surface area (TPSA) is 79.0 Å². The van der Waals surface area contributed by atoms with Crippen LogP contribution in [0.15, 0.2) is 18.2 Å². The smallest absolute Gasteiger partial charge is 0.289 e. The van der Waals surface area contributed by atoms with E-state index in [9.17, 15) is 10.1 Å². The first kappa shape index (κ1) is 15.3. The Hall–Kier alpha value is -2.09. The normalized spacial score (nSPS) is 21.5. The monoisotopic (exact) mass is 287 g/mol. The van der Waals surface area contributed by atoms with E-state index in [4.69, 9.17) is 5.26 Å². The minimum atomic E-state index is -0.508. The summed E-state index contributed by atoms with van der Waals surface area (Å²) in [6, 6.07) is 6.53. The molecular formula is C16H21N3O2. The molecular weight excluding hydrogens is 266 g/mol. The molecule has 0 unspecified atom stereocenters. The summed E-state index contributed by atoms with van der Waals surface area (Å²) in [4.78, 5) is 10.4. The first-order valence-corrected chi connectivity index (χ1v) is 7.52. The van der Waals surface area contributed by atoms with Gasteiger partial charge in [0.25, 0.3) is 5.69 Å². The second-order valence-electron chi connectivity index (χ2n) is 5.94. The van der Waals surface area contributed by atoms with Crippen molar-refractivity contribution in [2.75, 3.05) is 11.9 Å². The lowest BCUT2D eigenvalue weighted by molar-refractivity contribution is -0.385. The summed E-state index contributed by atoms with van der Waals surface area (Å²) in [5.41, 5.74) is 0.686. The molecule has 1 aromatic carbocycles. The van der Waals surface area contributed by atoms with Gasteiger partial charge < -0.3 is 5.32 Å². The highest BCUT2D eigenvalue weighted by Gasteiger charge is 2.18. The molecule has 112 valence electrons. The maximum absolute atomic E-state index is 10.9. The summed E-state index contributed by atoms with van der Waals surface area (Å²) in [6.07, 6.45) is 6.30. The largest absolute Gasteiger partial charge is 0.385 e. The number of hydrogen-bond acceptors (Lipinski definition) is 4. The number of rotatable bonds is 5. The molecule has 1 aliphatic rings. The molecule has 1 fully saturated rings. The molecule has 0 heterocycles. The zero-order chi connectivity index (χ0) is 15.2. The van der Waals surface area contributed by atoms with E-state index >= 15 is 0 Å². The van der Waals surface area contributed by atoms with Crippen molar-refractivity contribution in [3.8, 4) is 6.07 Å². The molecule has 0 atom stereocenters. The third-order valence-corrected chi connectivity index (χ3v) is 4.33. The van der Waals surface area contributed by atoms with E-state index in [1.54, 1.807) is 6.07 Å². The third-order valence-electron chi connectivity index (χ3n) is 4.33. The van der Waals surface area contributed by atoms with Crippen LogP contribution in [-0.4, -0.2) is 11.5 Å². The lowest BCUT2D eigenvalue weighted by Crippen LogP contribution is -2.15. The molecule has 0 aliphatic heterocycles. The predicted molar refractivity (Wildman–Crippen MR) is 82.0 cm³/mol. The van der Waals surface area contributed by atoms with Crippen molar-refractivity contribution in [2.24, 2.45) is 11.8 Å². The van der Waals surface area contributed by atoms with Crippen molar-refractivity contribution in [3.05, 3.63) is 33.9 Å². The van der Waals surface area contributed by atoms with E-state index < -0.39 is 4.92 Å². The Labute approximate surface area is 125 Å². The average molecular weight is 287 g/mol. The summed E-state index contributed by atoms with van der Waals surface area (Å²) < 4.78 is 0.